The van der Waals surface area contributed by atoms with Gasteiger partial charge in [0.15, 0.2) is 0 Å². The molecule has 144 valence electrons. The Morgan fingerprint density at radius 1 is 0.710 bits per heavy atom. The van der Waals surface area contributed by atoms with Crippen molar-refractivity contribution in [3.63, 3.8) is 0 Å². The number of rotatable bonds is 0. The number of imidazole rings is 1. The molecule has 0 bridgehead atoms. The van der Waals surface area contributed by atoms with E-state index in [9.17, 15) is 0 Å². The molecule has 0 N–H and O–H groups in total. The van der Waals surface area contributed by atoms with Crippen LogP contribution in [-0.2, 0) is 12.8 Å². The summed E-state index contributed by atoms with van der Waals surface area (Å²) in [5.74, 6) is 0. The minimum absolute atomic E-state index is 0.866. The number of benzene rings is 2. The van der Waals surface area contributed by atoms with Gasteiger partial charge in [0.2, 0.25) is 0 Å². The first kappa shape index (κ1) is 15.7. The lowest BCUT2D eigenvalue weighted by Gasteiger charge is -2.12. The van der Waals surface area contributed by atoms with Gasteiger partial charge in [-0.25, -0.2) is 9.97 Å². The summed E-state index contributed by atoms with van der Waals surface area (Å²) in [6.45, 7) is 0. The fraction of sp³-hybridized carbons (Fsp3) is 0.0741. The standard InChI is InChI=1S/C27H16N4/c1-2-5-17-15(4-1)12-16-7-8-18-21(24(16)17)13-23-25(18)31-26-19(6-3-10-29-26)22-14-28-11-9-20(22)27(31)30-23/h1-11,14H,12-13H2. The zero-order valence-corrected chi connectivity index (χ0v) is 16.6. The molecule has 31 heavy (non-hydrogen) atoms. The monoisotopic (exact) mass is 396 g/mol. The molecule has 8 rings (SSSR count). The maximum Gasteiger partial charge on any atom is 0.147 e. The maximum atomic E-state index is 5.16. The molecule has 4 heteroatoms. The number of fused-ring (bicyclic) bond motifs is 14. The van der Waals surface area contributed by atoms with Gasteiger partial charge in [-0.1, -0.05) is 36.4 Å². The summed E-state index contributed by atoms with van der Waals surface area (Å²) >= 11 is 0. The minimum Gasteiger partial charge on any atom is -0.275 e. The second kappa shape index (κ2) is 5.35. The van der Waals surface area contributed by atoms with E-state index in [1.807, 2.05) is 24.7 Å². The Balaban J connectivity index is 1.53. The van der Waals surface area contributed by atoms with Crippen molar-refractivity contribution < 1.29 is 0 Å². The minimum atomic E-state index is 0.866. The predicted molar refractivity (Wildman–Crippen MR) is 122 cm³/mol. The van der Waals surface area contributed by atoms with Crippen molar-refractivity contribution in [2.24, 2.45) is 0 Å². The summed E-state index contributed by atoms with van der Waals surface area (Å²) in [5, 5.41) is 3.33. The molecule has 2 aromatic carbocycles. The summed E-state index contributed by atoms with van der Waals surface area (Å²) < 4.78 is 2.27. The lowest BCUT2D eigenvalue weighted by atomic mass is 9.96. The van der Waals surface area contributed by atoms with Crippen LogP contribution in [0.15, 0.2) is 73.2 Å². The summed E-state index contributed by atoms with van der Waals surface area (Å²) in [4.78, 5) is 14.3. The molecule has 6 aromatic rings. The Hall–Kier alpha value is -4.05. The van der Waals surface area contributed by atoms with E-state index in [0.717, 1.165) is 46.0 Å². The lowest BCUT2D eigenvalue weighted by Crippen LogP contribution is -1.97. The van der Waals surface area contributed by atoms with Crippen molar-refractivity contribution in [3.05, 3.63) is 95.6 Å². The Morgan fingerprint density at radius 2 is 1.65 bits per heavy atom. The number of hydrogen-bond acceptors (Lipinski definition) is 3. The van der Waals surface area contributed by atoms with Crippen LogP contribution in [0.25, 0.3) is 49.8 Å². The van der Waals surface area contributed by atoms with Gasteiger partial charge in [-0.15, -0.1) is 0 Å². The number of hydrogen-bond donors (Lipinski definition) is 0. The normalized spacial score (nSPS) is 13.5. The Morgan fingerprint density at radius 3 is 2.65 bits per heavy atom. The van der Waals surface area contributed by atoms with E-state index in [2.05, 4.69) is 57.9 Å². The largest absolute Gasteiger partial charge is 0.275 e. The van der Waals surface area contributed by atoms with E-state index in [1.54, 1.807) is 0 Å². The molecule has 0 aliphatic heterocycles. The van der Waals surface area contributed by atoms with E-state index in [4.69, 9.17) is 9.97 Å². The highest BCUT2D eigenvalue weighted by atomic mass is 15.1. The average Bonchev–Trinajstić information content (AvgIpc) is 3.48. The highest BCUT2D eigenvalue weighted by Crippen LogP contribution is 2.48. The van der Waals surface area contributed by atoms with E-state index >= 15 is 0 Å². The van der Waals surface area contributed by atoms with Crippen LogP contribution in [-0.4, -0.2) is 19.4 Å². The number of pyridine rings is 3. The van der Waals surface area contributed by atoms with Crippen LogP contribution >= 0.6 is 0 Å². The quantitative estimate of drug-likeness (QED) is 0.315. The lowest BCUT2D eigenvalue weighted by molar-refractivity contribution is 1.16. The molecular formula is C27H16N4. The molecule has 4 nitrogen and oxygen atoms in total. The SMILES string of the molecule is c1ccc2c(c1)Cc1ccc3c(c1-2)Cc1nc2c4ccncc4c4cccnc4n2c1-3. The van der Waals surface area contributed by atoms with Crippen LogP contribution in [0, 0.1) is 0 Å². The van der Waals surface area contributed by atoms with Crippen molar-refractivity contribution in [2.45, 2.75) is 12.8 Å². The average molecular weight is 396 g/mol. The van der Waals surface area contributed by atoms with Gasteiger partial charge < -0.3 is 0 Å². The first-order chi connectivity index (χ1) is 15.4. The van der Waals surface area contributed by atoms with Crippen LogP contribution in [0.5, 0.6) is 0 Å². The molecule has 0 amide bonds. The highest BCUT2D eigenvalue weighted by molar-refractivity contribution is 6.11. The van der Waals surface area contributed by atoms with Crippen molar-refractivity contribution in [3.8, 4) is 22.4 Å². The van der Waals surface area contributed by atoms with Gasteiger partial charge in [-0.05, 0) is 52.4 Å². The Bertz CT molecular complexity index is 1740. The summed E-state index contributed by atoms with van der Waals surface area (Å²) in [6, 6.07) is 19.6. The van der Waals surface area contributed by atoms with Gasteiger partial charge in [0.1, 0.15) is 11.3 Å². The second-order valence-corrected chi connectivity index (χ2v) is 8.50. The van der Waals surface area contributed by atoms with E-state index in [1.165, 1.54) is 39.1 Å². The van der Waals surface area contributed by atoms with Crippen molar-refractivity contribution in [1.29, 1.82) is 0 Å². The predicted octanol–water partition coefficient (Wildman–Crippen LogP) is 5.57. The smallest absolute Gasteiger partial charge is 0.147 e. The first-order valence-electron chi connectivity index (χ1n) is 10.6. The third kappa shape index (κ3) is 1.84. The third-order valence-corrected chi connectivity index (χ3v) is 6.97. The molecule has 4 aromatic heterocycles. The molecule has 0 unspecified atom stereocenters. The fourth-order valence-electron chi connectivity index (χ4n) is 5.72. The molecule has 4 heterocycles. The van der Waals surface area contributed by atoms with Gasteiger partial charge >= 0.3 is 0 Å². The first-order valence-corrected chi connectivity index (χ1v) is 10.6. The van der Waals surface area contributed by atoms with Gasteiger partial charge in [0, 0.05) is 46.7 Å². The molecule has 2 aliphatic carbocycles. The van der Waals surface area contributed by atoms with Crippen molar-refractivity contribution in [2.75, 3.05) is 0 Å². The van der Waals surface area contributed by atoms with Gasteiger partial charge in [-0.3, -0.25) is 9.38 Å². The Labute approximate surface area is 177 Å². The number of aromatic nitrogens is 4. The molecule has 0 atom stereocenters. The van der Waals surface area contributed by atoms with Gasteiger partial charge in [0.05, 0.1) is 11.4 Å². The van der Waals surface area contributed by atoms with E-state index < -0.39 is 0 Å². The molecule has 0 spiro atoms. The summed E-state index contributed by atoms with van der Waals surface area (Å²) in [5.41, 5.74) is 12.6. The van der Waals surface area contributed by atoms with Gasteiger partial charge in [0.25, 0.3) is 0 Å². The highest BCUT2D eigenvalue weighted by Gasteiger charge is 2.32. The molecule has 0 saturated heterocycles. The molecular weight excluding hydrogens is 380 g/mol. The van der Waals surface area contributed by atoms with Crippen molar-refractivity contribution >= 4 is 27.5 Å². The molecule has 0 saturated carbocycles. The molecule has 0 fully saturated rings. The fourth-order valence-corrected chi connectivity index (χ4v) is 5.72. The van der Waals surface area contributed by atoms with Crippen LogP contribution in [0.1, 0.15) is 22.4 Å². The Kier molecular flexibility index (Phi) is 2.72. The van der Waals surface area contributed by atoms with Crippen LogP contribution in [0.2, 0.25) is 0 Å². The maximum absolute atomic E-state index is 5.16. The number of nitrogens with zero attached hydrogens (tertiary/aromatic N) is 4. The van der Waals surface area contributed by atoms with E-state index in [0.29, 0.717) is 0 Å². The van der Waals surface area contributed by atoms with Gasteiger partial charge in [-0.2, -0.15) is 0 Å². The molecule has 0 radical (unpaired) electrons. The molecule has 2 aliphatic rings. The summed E-state index contributed by atoms with van der Waals surface area (Å²) in [6.07, 6.45) is 7.53. The zero-order chi connectivity index (χ0) is 20.1. The second-order valence-electron chi connectivity index (χ2n) is 8.50. The van der Waals surface area contributed by atoms with Crippen LogP contribution in [0.3, 0.4) is 0 Å². The zero-order valence-electron chi connectivity index (χ0n) is 16.6. The van der Waals surface area contributed by atoms with Crippen LogP contribution in [0.4, 0.5) is 0 Å². The van der Waals surface area contributed by atoms with Crippen LogP contribution < -0.4 is 0 Å². The summed E-state index contributed by atoms with van der Waals surface area (Å²) in [7, 11) is 0. The van der Waals surface area contributed by atoms with E-state index in [-0.39, 0.29) is 0 Å². The topological polar surface area (TPSA) is 43.1 Å². The van der Waals surface area contributed by atoms with Crippen molar-refractivity contribution in [1.82, 2.24) is 19.4 Å². The third-order valence-electron chi connectivity index (χ3n) is 6.97.